The van der Waals surface area contributed by atoms with Crippen LogP contribution in [0.5, 0.6) is 11.5 Å². The van der Waals surface area contributed by atoms with Crippen molar-refractivity contribution in [2.75, 3.05) is 20.8 Å². The molecule has 1 aliphatic carbocycles. The van der Waals surface area contributed by atoms with Gasteiger partial charge in [0.25, 0.3) is 0 Å². The van der Waals surface area contributed by atoms with Crippen LogP contribution in [0, 0.1) is 5.92 Å². The molecule has 0 aliphatic heterocycles. The molecule has 25 heavy (non-hydrogen) atoms. The molecule has 0 saturated carbocycles. The maximum Gasteiger partial charge on any atom is 0.310 e. The fourth-order valence-electron chi connectivity index (χ4n) is 3.35. The van der Waals surface area contributed by atoms with E-state index in [1.54, 1.807) is 27.2 Å². The first-order chi connectivity index (χ1) is 12.1. The molecule has 2 aromatic rings. The number of ketones is 1. The van der Waals surface area contributed by atoms with Crippen LogP contribution >= 0.6 is 11.3 Å². The minimum Gasteiger partial charge on any atom is -0.497 e. The lowest BCUT2D eigenvalue weighted by Crippen LogP contribution is -2.32. The number of methoxy groups -OCH3 is 2. The molecule has 2 atom stereocenters. The number of benzene rings is 1. The smallest absolute Gasteiger partial charge is 0.310 e. The molecule has 0 bridgehead atoms. The standard InChI is InChI=1S/C19H20O5S/c1-4-24-19(21)14-10-15(20)18-13(7-8-25-18)17(14)12-6-5-11(22-2)9-16(12)23-3/h5-9,14,17H,4,10H2,1-3H3/t14-,17-/m1/s1. The average molecular weight is 360 g/mol. The first-order valence-electron chi connectivity index (χ1n) is 8.09. The molecular weight excluding hydrogens is 340 g/mol. The van der Waals surface area contributed by atoms with Crippen LogP contribution in [0.15, 0.2) is 29.6 Å². The van der Waals surface area contributed by atoms with Gasteiger partial charge in [-0.25, -0.2) is 0 Å². The van der Waals surface area contributed by atoms with Crippen molar-refractivity contribution in [3.63, 3.8) is 0 Å². The highest BCUT2D eigenvalue weighted by Gasteiger charge is 2.42. The van der Waals surface area contributed by atoms with Gasteiger partial charge in [0.1, 0.15) is 11.5 Å². The van der Waals surface area contributed by atoms with Gasteiger partial charge in [-0.2, -0.15) is 0 Å². The number of carbonyl (C=O) groups is 2. The molecule has 0 radical (unpaired) electrons. The molecule has 1 heterocycles. The largest absolute Gasteiger partial charge is 0.497 e. The first kappa shape index (κ1) is 17.5. The second-order valence-electron chi connectivity index (χ2n) is 5.78. The molecule has 0 amide bonds. The normalized spacial score (nSPS) is 19.2. The highest BCUT2D eigenvalue weighted by Crippen LogP contribution is 2.46. The lowest BCUT2D eigenvalue weighted by molar-refractivity contribution is -0.148. The second kappa shape index (κ2) is 7.27. The monoisotopic (exact) mass is 360 g/mol. The molecule has 5 nitrogen and oxygen atoms in total. The number of Topliss-reactive ketones (excluding diaryl/α,β-unsaturated/α-hetero) is 1. The van der Waals surface area contributed by atoms with Crippen molar-refractivity contribution in [3.8, 4) is 11.5 Å². The fourth-order valence-corrected chi connectivity index (χ4v) is 4.24. The Hall–Kier alpha value is -2.34. The minimum absolute atomic E-state index is 0.00761. The summed E-state index contributed by atoms with van der Waals surface area (Å²) < 4.78 is 16.0. The van der Waals surface area contributed by atoms with Crippen LogP contribution in [0.3, 0.4) is 0 Å². The van der Waals surface area contributed by atoms with Crippen molar-refractivity contribution >= 4 is 23.1 Å². The molecule has 132 valence electrons. The van der Waals surface area contributed by atoms with Gasteiger partial charge in [-0.15, -0.1) is 11.3 Å². The topological polar surface area (TPSA) is 61.8 Å². The van der Waals surface area contributed by atoms with Gasteiger partial charge >= 0.3 is 5.97 Å². The third-order valence-corrected chi connectivity index (χ3v) is 5.43. The highest BCUT2D eigenvalue weighted by atomic mass is 32.1. The lowest BCUT2D eigenvalue weighted by atomic mass is 9.73. The van der Waals surface area contributed by atoms with E-state index in [0.717, 1.165) is 11.1 Å². The van der Waals surface area contributed by atoms with Crippen LogP contribution in [0.2, 0.25) is 0 Å². The SMILES string of the molecule is CCOC(=O)[C@@H]1CC(=O)c2sccc2[C@H]1c1ccc(OC)cc1OC. The summed E-state index contributed by atoms with van der Waals surface area (Å²) in [6, 6.07) is 7.44. The van der Waals surface area contributed by atoms with Gasteiger partial charge < -0.3 is 14.2 Å². The molecule has 0 unspecified atom stereocenters. The Morgan fingerprint density at radius 1 is 1.20 bits per heavy atom. The van der Waals surface area contributed by atoms with E-state index < -0.39 is 5.92 Å². The summed E-state index contributed by atoms with van der Waals surface area (Å²) in [5.74, 6) is 0.105. The van der Waals surface area contributed by atoms with E-state index in [1.807, 2.05) is 23.6 Å². The lowest BCUT2D eigenvalue weighted by Gasteiger charge is -2.31. The number of hydrogen-bond donors (Lipinski definition) is 0. The van der Waals surface area contributed by atoms with E-state index in [-0.39, 0.29) is 30.7 Å². The van der Waals surface area contributed by atoms with Crippen molar-refractivity contribution < 1.29 is 23.8 Å². The molecule has 1 aliphatic rings. The van der Waals surface area contributed by atoms with Gasteiger partial charge in [0.05, 0.1) is 31.6 Å². The van der Waals surface area contributed by atoms with Crippen molar-refractivity contribution in [1.82, 2.24) is 0 Å². The fraction of sp³-hybridized carbons (Fsp3) is 0.368. The molecule has 1 aromatic carbocycles. The summed E-state index contributed by atoms with van der Waals surface area (Å²) in [5, 5.41) is 1.89. The Morgan fingerprint density at radius 3 is 2.68 bits per heavy atom. The number of rotatable bonds is 5. The predicted octanol–water partition coefficient (Wildman–Crippen LogP) is 3.66. The number of hydrogen-bond acceptors (Lipinski definition) is 6. The minimum atomic E-state index is -0.558. The molecule has 0 N–H and O–H groups in total. The number of thiophene rings is 1. The maximum atomic E-state index is 12.5. The van der Waals surface area contributed by atoms with Crippen LogP contribution in [0.4, 0.5) is 0 Å². The number of esters is 1. The van der Waals surface area contributed by atoms with Gasteiger partial charge in [-0.3, -0.25) is 9.59 Å². The molecule has 3 rings (SSSR count). The number of ether oxygens (including phenoxy) is 3. The second-order valence-corrected chi connectivity index (χ2v) is 6.69. The van der Waals surface area contributed by atoms with Crippen molar-refractivity contribution in [2.24, 2.45) is 5.92 Å². The zero-order chi connectivity index (χ0) is 18.0. The summed E-state index contributed by atoms with van der Waals surface area (Å²) in [7, 11) is 3.17. The van der Waals surface area contributed by atoms with Gasteiger partial charge in [0, 0.05) is 24.0 Å². The third kappa shape index (κ3) is 3.14. The van der Waals surface area contributed by atoms with Gasteiger partial charge in [0.2, 0.25) is 0 Å². The van der Waals surface area contributed by atoms with E-state index in [0.29, 0.717) is 16.4 Å². The van der Waals surface area contributed by atoms with Crippen molar-refractivity contribution in [2.45, 2.75) is 19.3 Å². The molecule has 0 spiro atoms. The molecule has 0 fully saturated rings. The zero-order valence-corrected chi connectivity index (χ0v) is 15.2. The van der Waals surface area contributed by atoms with E-state index >= 15 is 0 Å². The highest BCUT2D eigenvalue weighted by molar-refractivity contribution is 7.12. The van der Waals surface area contributed by atoms with E-state index in [1.165, 1.54) is 11.3 Å². The molecule has 0 saturated heterocycles. The number of carbonyl (C=O) groups excluding carboxylic acids is 2. The quantitative estimate of drug-likeness (QED) is 0.762. The molecule has 6 heteroatoms. The van der Waals surface area contributed by atoms with Gasteiger partial charge in [0.15, 0.2) is 5.78 Å². The first-order valence-corrected chi connectivity index (χ1v) is 8.97. The van der Waals surface area contributed by atoms with Crippen molar-refractivity contribution in [1.29, 1.82) is 0 Å². The van der Waals surface area contributed by atoms with Crippen LogP contribution in [-0.4, -0.2) is 32.6 Å². The van der Waals surface area contributed by atoms with Gasteiger partial charge in [-0.1, -0.05) is 6.07 Å². The van der Waals surface area contributed by atoms with Crippen LogP contribution in [0.25, 0.3) is 0 Å². The van der Waals surface area contributed by atoms with Gasteiger partial charge in [-0.05, 0) is 30.0 Å². The summed E-state index contributed by atoms with van der Waals surface area (Å²) in [6.45, 7) is 2.05. The Labute approximate surface area is 150 Å². The Morgan fingerprint density at radius 2 is 2.00 bits per heavy atom. The van der Waals surface area contributed by atoms with Crippen LogP contribution in [-0.2, 0) is 9.53 Å². The van der Waals surface area contributed by atoms with Crippen molar-refractivity contribution in [3.05, 3.63) is 45.6 Å². The zero-order valence-electron chi connectivity index (χ0n) is 14.4. The molecular formula is C19H20O5S. The summed E-state index contributed by atoms with van der Waals surface area (Å²) in [5.41, 5.74) is 1.72. The van der Waals surface area contributed by atoms with Crippen LogP contribution in [0.1, 0.15) is 40.1 Å². The van der Waals surface area contributed by atoms with E-state index in [2.05, 4.69) is 0 Å². The van der Waals surface area contributed by atoms with E-state index in [4.69, 9.17) is 14.2 Å². The summed E-state index contributed by atoms with van der Waals surface area (Å²) >= 11 is 1.41. The molecule has 1 aromatic heterocycles. The van der Waals surface area contributed by atoms with E-state index in [9.17, 15) is 9.59 Å². The Bertz CT molecular complexity index is 795. The Kier molecular flexibility index (Phi) is 5.08. The summed E-state index contributed by atoms with van der Waals surface area (Å²) in [6.07, 6.45) is 0.145. The number of fused-ring (bicyclic) bond motifs is 1. The predicted molar refractivity (Wildman–Crippen MR) is 94.8 cm³/mol. The maximum absolute atomic E-state index is 12.5. The van der Waals surface area contributed by atoms with Crippen LogP contribution < -0.4 is 9.47 Å². The summed E-state index contributed by atoms with van der Waals surface area (Å²) in [4.78, 5) is 25.7. The average Bonchev–Trinajstić information content (AvgIpc) is 3.11. The Balaban J connectivity index is 2.14. The third-order valence-electron chi connectivity index (χ3n) is 4.46.